The molecule has 0 fully saturated rings. The number of carbonyl (C=O) groups is 2. The van der Waals surface area contributed by atoms with Gasteiger partial charge in [-0.3, -0.25) is 0 Å². The number of carbonyl (C=O) groups excluding carboxylic acids is 1. The molecule has 2 rings (SSSR count). The summed E-state index contributed by atoms with van der Waals surface area (Å²) in [5.74, 6) is -1.11. The molecule has 0 amide bonds. The van der Waals surface area contributed by atoms with Crippen molar-refractivity contribution in [2.45, 2.75) is 34.6 Å². The molecule has 0 aliphatic rings. The summed E-state index contributed by atoms with van der Waals surface area (Å²) in [6.07, 6.45) is 0. The van der Waals surface area contributed by atoms with Crippen molar-refractivity contribution < 1.29 is 19.4 Å². The molecular formula is C20H24O4. The van der Waals surface area contributed by atoms with Crippen LogP contribution in [0.2, 0.25) is 0 Å². The van der Waals surface area contributed by atoms with Gasteiger partial charge in [-0.2, -0.15) is 0 Å². The van der Waals surface area contributed by atoms with Crippen LogP contribution in [0.3, 0.4) is 0 Å². The molecule has 4 nitrogen and oxygen atoms in total. The molecule has 0 heterocycles. The van der Waals surface area contributed by atoms with Crippen molar-refractivity contribution in [2.75, 3.05) is 6.61 Å². The summed E-state index contributed by atoms with van der Waals surface area (Å²) in [6.45, 7) is 10.1. The third kappa shape index (κ3) is 5.54. The van der Waals surface area contributed by atoms with E-state index in [2.05, 4.69) is 0 Å². The normalized spacial score (nSPS) is 9.71. The highest BCUT2D eigenvalue weighted by atomic mass is 16.5. The zero-order chi connectivity index (χ0) is 18.3. The lowest BCUT2D eigenvalue weighted by Gasteiger charge is -2.04. The second-order valence-electron chi connectivity index (χ2n) is 5.62. The number of esters is 1. The standard InChI is InChI=1S/C11H14O2.C9H10O2/c1-4-13-11(12)10-6-5-8(2)9(3)7-10;1-6-3-4-8(9(10)11)5-7(6)2/h5-7H,4H2,1-3H3;3-5H,1-2H3,(H,10,11). The molecule has 4 heteroatoms. The van der Waals surface area contributed by atoms with Crippen molar-refractivity contribution in [1.29, 1.82) is 0 Å². The minimum absolute atomic E-state index is 0.245. The fraction of sp³-hybridized carbons (Fsp3) is 0.300. The zero-order valence-corrected chi connectivity index (χ0v) is 14.8. The molecule has 2 aromatic rings. The number of carboxylic acid groups (broad SMARTS) is 1. The molecular weight excluding hydrogens is 304 g/mol. The summed E-state index contributed by atoms with van der Waals surface area (Å²) in [4.78, 5) is 21.8. The fourth-order valence-electron chi connectivity index (χ4n) is 1.96. The molecule has 0 saturated carbocycles. The summed E-state index contributed by atoms with van der Waals surface area (Å²) in [6, 6.07) is 10.7. The number of aryl methyl sites for hydroxylation is 4. The van der Waals surface area contributed by atoms with E-state index in [0.29, 0.717) is 17.7 Å². The van der Waals surface area contributed by atoms with Gasteiger partial charge >= 0.3 is 11.9 Å². The van der Waals surface area contributed by atoms with Gasteiger partial charge in [0.05, 0.1) is 17.7 Å². The Labute approximate surface area is 143 Å². The lowest BCUT2D eigenvalue weighted by Crippen LogP contribution is -2.04. The van der Waals surface area contributed by atoms with Crippen molar-refractivity contribution in [1.82, 2.24) is 0 Å². The second-order valence-corrected chi connectivity index (χ2v) is 5.62. The number of carboxylic acids is 1. The molecule has 0 aliphatic heterocycles. The van der Waals surface area contributed by atoms with Crippen LogP contribution in [0.1, 0.15) is 49.9 Å². The van der Waals surface area contributed by atoms with E-state index in [1.807, 2.05) is 45.9 Å². The smallest absolute Gasteiger partial charge is 0.338 e. The minimum atomic E-state index is -0.867. The Morgan fingerprint density at radius 1 is 0.833 bits per heavy atom. The molecule has 2 aromatic carbocycles. The third-order valence-electron chi connectivity index (χ3n) is 3.77. The van der Waals surface area contributed by atoms with Gasteiger partial charge in [0.25, 0.3) is 0 Å². The van der Waals surface area contributed by atoms with Crippen LogP contribution in [-0.4, -0.2) is 23.7 Å². The molecule has 0 atom stereocenters. The van der Waals surface area contributed by atoms with E-state index in [9.17, 15) is 9.59 Å². The monoisotopic (exact) mass is 328 g/mol. The highest BCUT2D eigenvalue weighted by Gasteiger charge is 2.06. The van der Waals surface area contributed by atoms with Gasteiger partial charge in [-0.25, -0.2) is 9.59 Å². The Morgan fingerprint density at radius 2 is 1.29 bits per heavy atom. The average molecular weight is 328 g/mol. The molecule has 0 saturated heterocycles. The average Bonchev–Trinajstić information content (AvgIpc) is 2.53. The van der Waals surface area contributed by atoms with Gasteiger partial charge in [-0.05, 0) is 81.1 Å². The first-order valence-electron chi connectivity index (χ1n) is 7.81. The summed E-state index contributed by atoms with van der Waals surface area (Å²) in [5.41, 5.74) is 5.43. The largest absolute Gasteiger partial charge is 0.478 e. The number of benzene rings is 2. The van der Waals surface area contributed by atoms with Crippen molar-refractivity contribution in [3.05, 3.63) is 69.8 Å². The third-order valence-corrected chi connectivity index (χ3v) is 3.77. The molecule has 1 N–H and O–H groups in total. The predicted octanol–water partition coefficient (Wildman–Crippen LogP) is 4.48. The Bertz CT molecular complexity index is 732. The van der Waals surface area contributed by atoms with Gasteiger partial charge in [0, 0.05) is 0 Å². The topological polar surface area (TPSA) is 63.6 Å². The van der Waals surface area contributed by atoms with Crippen LogP contribution < -0.4 is 0 Å². The van der Waals surface area contributed by atoms with E-state index in [1.54, 1.807) is 25.1 Å². The van der Waals surface area contributed by atoms with E-state index in [4.69, 9.17) is 9.84 Å². The van der Waals surface area contributed by atoms with Crippen LogP contribution in [-0.2, 0) is 4.74 Å². The van der Waals surface area contributed by atoms with Gasteiger partial charge < -0.3 is 9.84 Å². The molecule has 0 spiro atoms. The van der Waals surface area contributed by atoms with E-state index in [1.165, 1.54) is 5.56 Å². The van der Waals surface area contributed by atoms with Crippen LogP contribution in [0.15, 0.2) is 36.4 Å². The quantitative estimate of drug-likeness (QED) is 0.844. The van der Waals surface area contributed by atoms with Crippen LogP contribution in [0.5, 0.6) is 0 Å². The predicted molar refractivity (Wildman–Crippen MR) is 94.7 cm³/mol. The fourth-order valence-corrected chi connectivity index (χ4v) is 1.96. The lowest BCUT2D eigenvalue weighted by atomic mass is 10.1. The maximum Gasteiger partial charge on any atom is 0.338 e. The van der Waals surface area contributed by atoms with Crippen molar-refractivity contribution >= 4 is 11.9 Å². The van der Waals surface area contributed by atoms with E-state index < -0.39 is 5.97 Å². The summed E-state index contributed by atoms with van der Waals surface area (Å²) >= 11 is 0. The Morgan fingerprint density at radius 3 is 1.71 bits per heavy atom. The van der Waals surface area contributed by atoms with Crippen LogP contribution in [0.4, 0.5) is 0 Å². The first-order valence-corrected chi connectivity index (χ1v) is 7.81. The number of rotatable bonds is 3. The van der Waals surface area contributed by atoms with E-state index in [-0.39, 0.29) is 5.97 Å². The molecule has 0 bridgehead atoms. The molecule has 0 aromatic heterocycles. The Kier molecular flexibility index (Phi) is 7.18. The molecule has 128 valence electrons. The van der Waals surface area contributed by atoms with E-state index in [0.717, 1.165) is 16.7 Å². The van der Waals surface area contributed by atoms with Crippen LogP contribution in [0, 0.1) is 27.7 Å². The number of ether oxygens (including phenoxy) is 1. The maximum atomic E-state index is 11.3. The first kappa shape index (κ1) is 19.4. The highest BCUT2D eigenvalue weighted by molar-refractivity contribution is 5.89. The minimum Gasteiger partial charge on any atom is -0.478 e. The highest BCUT2D eigenvalue weighted by Crippen LogP contribution is 2.11. The maximum absolute atomic E-state index is 11.3. The van der Waals surface area contributed by atoms with E-state index >= 15 is 0 Å². The van der Waals surface area contributed by atoms with Gasteiger partial charge in [0.1, 0.15) is 0 Å². The van der Waals surface area contributed by atoms with Gasteiger partial charge in [0.15, 0.2) is 0 Å². The summed E-state index contributed by atoms with van der Waals surface area (Å²) in [7, 11) is 0. The number of hydrogen-bond donors (Lipinski definition) is 1. The molecule has 0 aliphatic carbocycles. The summed E-state index contributed by atoms with van der Waals surface area (Å²) < 4.78 is 4.88. The second kappa shape index (κ2) is 8.87. The molecule has 0 radical (unpaired) electrons. The summed E-state index contributed by atoms with van der Waals surface area (Å²) in [5, 5.41) is 8.60. The van der Waals surface area contributed by atoms with Crippen molar-refractivity contribution in [2.24, 2.45) is 0 Å². The Hall–Kier alpha value is -2.62. The molecule has 0 unspecified atom stereocenters. The lowest BCUT2D eigenvalue weighted by molar-refractivity contribution is 0.0525. The van der Waals surface area contributed by atoms with Crippen LogP contribution in [0.25, 0.3) is 0 Å². The first-order chi connectivity index (χ1) is 11.3. The zero-order valence-electron chi connectivity index (χ0n) is 14.8. The van der Waals surface area contributed by atoms with Crippen molar-refractivity contribution in [3.8, 4) is 0 Å². The van der Waals surface area contributed by atoms with Crippen molar-refractivity contribution in [3.63, 3.8) is 0 Å². The number of hydrogen-bond acceptors (Lipinski definition) is 3. The Balaban J connectivity index is 0.000000243. The van der Waals surface area contributed by atoms with Gasteiger partial charge in [-0.15, -0.1) is 0 Å². The number of aromatic carboxylic acids is 1. The van der Waals surface area contributed by atoms with Crippen LogP contribution >= 0.6 is 0 Å². The van der Waals surface area contributed by atoms with Gasteiger partial charge in [-0.1, -0.05) is 12.1 Å². The van der Waals surface area contributed by atoms with Gasteiger partial charge in [0.2, 0.25) is 0 Å². The SMILES string of the molecule is CCOC(=O)c1ccc(C)c(C)c1.Cc1ccc(C(=O)O)cc1C. The molecule has 24 heavy (non-hydrogen) atoms.